The molecule has 0 saturated carbocycles. The van der Waals surface area contributed by atoms with Crippen LogP contribution >= 0.6 is 0 Å². The predicted molar refractivity (Wildman–Crippen MR) is 183 cm³/mol. The fourth-order valence-electron chi connectivity index (χ4n) is 7.23. The molecular weight excluding hydrogens is 628 g/mol. The van der Waals surface area contributed by atoms with Gasteiger partial charge >= 0.3 is 12.2 Å². The molecule has 4 heterocycles. The molecule has 0 radical (unpaired) electrons. The number of carbonyl (C=O) groups is 2. The number of benzene rings is 3. The van der Waals surface area contributed by atoms with Crippen molar-refractivity contribution in [3.8, 4) is 11.5 Å². The van der Waals surface area contributed by atoms with Crippen molar-refractivity contribution in [1.82, 2.24) is 24.3 Å². The number of aromatic amines is 1. The summed E-state index contributed by atoms with van der Waals surface area (Å²) in [5, 5.41) is 0.821. The molecule has 2 aliphatic rings. The summed E-state index contributed by atoms with van der Waals surface area (Å²) in [4.78, 5) is 38.5. The Balaban J connectivity index is 1.25. The van der Waals surface area contributed by atoms with Crippen molar-refractivity contribution in [1.29, 1.82) is 0 Å². The normalized spacial score (nSPS) is 18.1. The van der Waals surface area contributed by atoms with Gasteiger partial charge in [-0.1, -0.05) is 30.3 Å². The van der Waals surface area contributed by atoms with Crippen molar-refractivity contribution in [2.45, 2.75) is 83.7 Å². The van der Waals surface area contributed by atoms with Gasteiger partial charge in [-0.25, -0.2) is 23.4 Å². The monoisotopic (exact) mass is 669 g/mol. The van der Waals surface area contributed by atoms with E-state index in [0.717, 1.165) is 47.7 Å². The number of hydrogen-bond acceptors (Lipinski definition) is 5. The maximum Gasteiger partial charge on any atom is 0.410 e. The number of amides is 2. The quantitative estimate of drug-likeness (QED) is 0.189. The first-order valence-corrected chi connectivity index (χ1v) is 17.0. The van der Waals surface area contributed by atoms with E-state index in [1.54, 1.807) is 21.9 Å². The second kappa shape index (κ2) is 13.2. The number of imidazole rings is 1. The molecular formula is C38H41F2N5O4. The number of likely N-dealkylation sites (tertiary alicyclic amines) is 2. The summed E-state index contributed by atoms with van der Waals surface area (Å²) in [6, 6.07) is 18.4. The van der Waals surface area contributed by atoms with Crippen LogP contribution in [0.25, 0.3) is 33.5 Å². The van der Waals surface area contributed by atoms with E-state index in [2.05, 4.69) is 4.98 Å². The summed E-state index contributed by atoms with van der Waals surface area (Å²) in [6.07, 6.45) is 2.95. The van der Waals surface area contributed by atoms with Crippen LogP contribution in [0, 0.1) is 11.6 Å². The van der Waals surface area contributed by atoms with Crippen molar-refractivity contribution in [3.05, 3.63) is 89.5 Å². The molecule has 0 unspecified atom stereocenters. The first-order valence-electron chi connectivity index (χ1n) is 17.0. The van der Waals surface area contributed by atoms with Gasteiger partial charge in [0.1, 0.15) is 23.8 Å². The molecule has 3 aromatic carbocycles. The van der Waals surface area contributed by atoms with Crippen LogP contribution in [0.5, 0.6) is 0 Å². The van der Waals surface area contributed by atoms with E-state index >= 15 is 0 Å². The highest BCUT2D eigenvalue weighted by atomic mass is 19.1. The minimum atomic E-state index is -0.634. The smallest absolute Gasteiger partial charge is 0.410 e. The number of aromatic nitrogens is 3. The van der Waals surface area contributed by atoms with Gasteiger partial charge in [0.05, 0.1) is 22.8 Å². The molecule has 2 fully saturated rings. The first-order chi connectivity index (χ1) is 23.5. The molecule has 5 aromatic rings. The lowest BCUT2D eigenvalue weighted by molar-refractivity contribution is 0.0215. The third-order valence-electron chi connectivity index (χ3n) is 9.46. The minimum Gasteiger partial charge on any atom is -0.445 e. The molecule has 2 aromatic heterocycles. The Hall–Kier alpha value is -4.93. The summed E-state index contributed by atoms with van der Waals surface area (Å²) >= 11 is 0. The molecule has 0 aliphatic carbocycles. The number of hydrogen-bond donors (Lipinski definition) is 1. The van der Waals surface area contributed by atoms with Crippen molar-refractivity contribution < 1.29 is 27.8 Å². The molecule has 0 spiro atoms. The lowest BCUT2D eigenvalue weighted by atomic mass is 10.00. The van der Waals surface area contributed by atoms with Gasteiger partial charge in [0, 0.05) is 42.6 Å². The summed E-state index contributed by atoms with van der Waals surface area (Å²) in [6.45, 7) is 7.28. The molecule has 2 saturated heterocycles. The molecule has 0 bridgehead atoms. The van der Waals surface area contributed by atoms with Crippen LogP contribution in [0.15, 0.2) is 66.7 Å². The molecule has 49 heavy (non-hydrogen) atoms. The largest absolute Gasteiger partial charge is 0.445 e. The van der Waals surface area contributed by atoms with Crippen LogP contribution in [0.3, 0.4) is 0 Å². The Morgan fingerprint density at radius 3 is 2.35 bits per heavy atom. The molecule has 7 rings (SSSR count). The van der Waals surface area contributed by atoms with Gasteiger partial charge in [-0.15, -0.1) is 0 Å². The highest BCUT2D eigenvalue weighted by Gasteiger charge is 2.35. The summed E-state index contributed by atoms with van der Waals surface area (Å²) in [5.74, 6) is -0.234. The highest BCUT2D eigenvalue weighted by molar-refractivity contribution is 5.92. The van der Waals surface area contributed by atoms with E-state index in [-0.39, 0.29) is 36.7 Å². The van der Waals surface area contributed by atoms with Crippen LogP contribution < -0.4 is 0 Å². The van der Waals surface area contributed by atoms with Crippen LogP contribution in [0.1, 0.15) is 57.6 Å². The lowest BCUT2D eigenvalue weighted by Crippen LogP contribution is -2.41. The SMILES string of the molecule is CC(C)(C)OC(=O)N1CCC[C@H]1Cn1c(-c2[nH]c3cc(F)ccc3c2C[C@@H]2CCCN2C(=O)OCc2ccccc2)nc2cc(F)ccc21. The van der Waals surface area contributed by atoms with Crippen LogP contribution in [0.2, 0.25) is 0 Å². The number of carbonyl (C=O) groups excluding carboxylic acids is 2. The van der Waals surface area contributed by atoms with Crippen LogP contribution in [0.4, 0.5) is 18.4 Å². The van der Waals surface area contributed by atoms with Crippen molar-refractivity contribution in [3.63, 3.8) is 0 Å². The number of ether oxygens (including phenoxy) is 2. The number of halogens is 2. The Morgan fingerprint density at radius 2 is 1.59 bits per heavy atom. The van der Waals surface area contributed by atoms with Gasteiger partial charge in [0.15, 0.2) is 5.82 Å². The molecule has 9 nitrogen and oxygen atoms in total. The number of fused-ring (bicyclic) bond motifs is 2. The molecule has 1 N–H and O–H groups in total. The Bertz CT molecular complexity index is 2000. The average molecular weight is 670 g/mol. The zero-order valence-electron chi connectivity index (χ0n) is 28.0. The van der Waals surface area contributed by atoms with E-state index in [1.165, 1.54) is 24.3 Å². The molecule has 2 amide bonds. The predicted octanol–water partition coefficient (Wildman–Crippen LogP) is 8.21. The van der Waals surface area contributed by atoms with E-state index < -0.39 is 11.4 Å². The Morgan fingerprint density at radius 1 is 0.898 bits per heavy atom. The standard InChI is InChI=1S/C38H41F2N5O4/c1-38(2,3)49-37(47)44-18-8-12-28(44)22-45-33-16-14-26(40)20-32(33)42-35(45)34-30(29-15-13-25(39)19-31(29)41-34)21-27-11-7-17-43(27)36(46)48-23-24-9-5-4-6-10-24/h4-6,9-10,13-16,19-20,27-28,41H,7-8,11-12,17-18,21-23H2,1-3H3/t27-,28-/m0/s1. The van der Waals surface area contributed by atoms with Gasteiger partial charge in [-0.05, 0) is 94.3 Å². The van der Waals surface area contributed by atoms with Gasteiger partial charge < -0.3 is 28.8 Å². The summed E-state index contributed by atoms with van der Waals surface area (Å²) < 4.78 is 42.6. The van der Waals surface area contributed by atoms with Crippen molar-refractivity contribution >= 4 is 34.1 Å². The number of nitrogens with zero attached hydrogens (tertiary/aromatic N) is 4. The van der Waals surface area contributed by atoms with Gasteiger partial charge in [-0.2, -0.15) is 0 Å². The summed E-state index contributed by atoms with van der Waals surface area (Å²) in [5.41, 5.74) is 3.62. The van der Waals surface area contributed by atoms with Crippen LogP contribution in [-0.2, 0) is 29.0 Å². The maximum atomic E-state index is 14.6. The van der Waals surface area contributed by atoms with E-state index in [1.807, 2.05) is 55.7 Å². The Kier molecular flexibility index (Phi) is 8.77. The molecule has 11 heteroatoms. The fraction of sp³-hybridized carbons (Fsp3) is 0.395. The topological polar surface area (TPSA) is 92.7 Å². The van der Waals surface area contributed by atoms with Gasteiger partial charge in [-0.3, -0.25) is 0 Å². The number of rotatable bonds is 7. The second-order valence-corrected chi connectivity index (χ2v) is 14.1. The molecule has 256 valence electrons. The Labute approximate surface area is 283 Å². The zero-order chi connectivity index (χ0) is 34.3. The highest BCUT2D eigenvalue weighted by Crippen LogP contribution is 2.37. The average Bonchev–Trinajstić information content (AvgIpc) is 3.86. The van der Waals surface area contributed by atoms with Gasteiger partial charge in [0.2, 0.25) is 0 Å². The van der Waals surface area contributed by atoms with Crippen molar-refractivity contribution in [2.24, 2.45) is 0 Å². The van der Waals surface area contributed by atoms with E-state index in [9.17, 15) is 18.4 Å². The van der Waals surface area contributed by atoms with Gasteiger partial charge in [0.25, 0.3) is 0 Å². The maximum absolute atomic E-state index is 14.6. The molecule has 2 aliphatic heterocycles. The van der Waals surface area contributed by atoms with Crippen molar-refractivity contribution in [2.75, 3.05) is 13.1 Å². The zero-order valence-corrected chi connectivity index (χ0v) is 28.0. The minimum absolute atomic E-state index is 0.154. The van der Waals surface area contributed by atoms with Crippen LogP contribution in [-0.4, -0.2) is 67.3 Å². The van der Waals surface area contributed by atoms with E-state index in [4.69, 9.17) is 14.5 Å². The summed E-state index contributed by atoms with van der Waals surface area (Å²) in [7, 11) is 0. The first kappa shape index (κ1) is 32.6. The second-order valence-electron chi connectivity index (χ2n) is 14.1. The fourth-order valence-corrected chi connectivity index (χ4v) is 7.23. The number of H-pyrrole nitrogens is 1. The third kappa shape index (κ3) is 6.84. The lowest BCUT2D eigenvalue weighted by Gasteiger charge is -2.29. The van der Waals surface area contributed by atoms with E-state index in [0.29, 0.717) is 48.6 Å². The molecule has 2 atom stereocenters. The number of nitrogens with one attached hydrogen (secondary N) is 1. The third-order valence-corrected chi connectivity index (χ3v) is 9.46.